The van der Waals surface area contributed by atoms with Crippen molar-refractivity contribution in [2.75, 3.05) is 17.0 Å². The van der Waals surface area contributed by atoms with Gasteiger partial charge in [0, 0.05) is 11.6 Å². The SMILES string of the molecule is Cc1ccc(NS(=O)(=O)CCCN)cc1[N+](=O)[O-]. The summed E-state index contributed by atoms with van der Waals surface area (Å²) < 4.78 is 25.5. The van der Waals surface area contributed by atoms with E-state index in [1.54, 1.807) is 6.92 Å². The molecule has 7 nitrogen and oxygen atoms in total. The molecule has 0 atom stereocenters. The van der Waals surface area contributed by atoms with Crippen molar-refractivity contribution in [3.63, 3.8) is 0 Å². The number of hydrogen-bond donors (Lipinski definition) is 2. The lowest BCUT2D eigenvalue weighted by atomic mass is 10.2. The molecule has 0 aliphatic carbocycles. The van der Waals surface area contributed by atoms with Crippen molar-refractivity contribution < 1.29 is 13.3 Å². The van der Waals surface area contributed by atoms with Gasteiger partial charge in [0.05, 0.1) is 16.4 Å². The molecule has 100 valence electrons. The van der Waals surface area contributed by atoms with Crippen molar-refractivity contribution in [3.8, 4) is 0 Å². The molecule has 0 radical (unpaired) electrons. The van der Waals surface area contributed by atoms with Crippen LogP contribution >= 0.6 is 0 Å². The molecular weight excluding hydrogens is 258 g/mol. The summed E-state index contributed by atoms with van der Waals surface area (Å²) in [7, 11) is -3.50. The number of nitrogens with two attached hydrogens (primary N) is 1. The highest BCUT2D eigenvalue weighted by atomic mass is 32.2. The number of nitro groups is 1. The average molecular weight is 273 g/mol. The molecule has 1 rings (SSSR count). The maximum atomic E-state index is 11.6. The third-order valence-electron chi connectivity index (χ3n) is 2.30. The first-order valence-electron chi connectivity index (χ1n) is 5.31. The Morgan fingerprint density at radius 3 is 2.67 bits per heavy atom. The standard InChI is InChI=1S/C10H15N3O4S/c1-8-3-4-9(7-10(8)13(14)15)12-18(16,17)6-2-5-11/h3-4,7,12H,2,5-6,11H2,1H3. The fraction of sp³-hybridized carbons (Fsp3) is 0.400. The van der Waals surface area contributed by atoms with Gasteiger partial charge in [0.2, 0.25) is 10.0 Å². The monoisotopic (exact) mass is 273 g/mol. The minimum Gasteiger partial charge on any atom is -0.330 e. The first-order chi connectivity index (χ1) is 8.35. The summed E-state index contributed by atoms with van der Waals surface area (Å²) >= 11 is 0. The summed E-state index contributed by atoms with van der Waals surface area (Å²) in [6, 6.07) is 4.19. The lowest BCUT2D eigenvalue weighted by Gasteiger charge is -2.07. The van der Waals surface area contributed by atoms with E-state index in [1.807, 2.05) is 0 Å². The molecule has 0 heterocycles. The van der Waals surface area contributed by atoms with Crippen molar-refractivity contribution >= 4 is 21.4 Å². The van der Waals surface area contributed by atoms with Gasteiger partial charge in [-0.1, -0.05) is 6.07 Å². The van der Waals surface area contributed by atoms with Crippen LogP contribution in [-0.4, -0.2) is 25.6 Å². The van der Waals surface area contributed by atoms with Crippen LogP contribution in [0, 0.1) is 17.0 Å². The second-order valence-corrected chi connectivity index (χ2v) is 5.66. The second kappa shape index (κ2) is 5.78. The topological polar surface area (TPSA) is 115 Å². The number of benzene rings is 1. The van der Waals surface area contributed by atoms with Crippen LogP contribution in [0.2, 0.25) is 0 Å². The van der Waals surface area contributed by atoms with E-state index in [1.165, 1.54) is 18.2 Å². The lowest BCUT2D eigenvalue weighted by Crippen LogP contribution is -2.19. The molecule has 0 aliphatic rings. The molecule has 0 amide bonds. The molecule has 0 saturated heterocycles. The summed E-state index contributed by atoms with van der Waals surface area (Å²) in [6.45, 7) is 1.86. The number of nitro benzene ring substituents is 1. The van der Waals surface area contributed by atoms with Gasteiger partial charge >= 0.3 is 0 Å². The second-order valence-electron chi connectivity index (χ2n) is 3.82. The van der Waals surface area contributed by atoms with Crippen molar-refractivity contribution in [1.82, 2.24) is 0 Å². The van der Waals surface area contributed by atoms with Crippen molar-refractivity contribution in [1.29, 1.82) is 0 Å². The summed E-state index contributed by atoms with van der Waals surface area (Å²) in [6.07, 6.45) is 0.337. The molecule has 18 heavy (non-hydrogen) atoms. The van der Waals surface area contributed by atoms with E-state index < -0.39 is 14.9 Å². The zero-order valence-electron chi connectivity index (χ0n) is 9.92. The Kier molecular flexibility index (Phi) is 4.62. The van der Waals surface area contributed by atoms with Gasteiger partial charge in [-0.2, -0.15) is 0 Å². The Balaban J connectivity index is 2.92. The Morgan fingerprint density at radius 1 is 1.44 bits per heavy atom. The Bertz CT molecular complexity index is 542. The molecule has 0 aromatic heterocycles. The van der Waals surface area contributed by atoms with E-state index in [2.05, 4.69) is 4.72 Å². The highest BCUT2D eigenvalue weighted by molar-refractivity contribution is 7.92. The van der Waals surface area contributed by atoms with Crippen LogP contribution in [-0.2, 0) is 10.0 Å². The smallest absolute Gasteiger partial charge is 0.274 e. The Morgan fingerprint density at radius 2 is 2.11 bits per heavy atom. The van der Waals surface area contributed by atoms with Gasteiger partial charge < -0.3 is 5.73 Å². The molecule has 0 saturated carbocycles. The first-order valence-corrected chi connectivity index (χ1v) is 6.96. The molecule has 0 aliphatic heterocycles. The first kappa shape index (κ1) is 14.4. The number of hydrogen-bond acceptors (Lipinski definition) is 5. The summed E-state index contributed by atoms with van der Waals surface area (Å²) in [4.78, 5) is 10.2. The Hall–Kier alpha value is -1.67. The highest BCUT2D eigenvalue weighted by Gasteiger charge is 2.14. The number of anilines is 1. The molecule has 1 aromatic carbocycles. The maximum absolute atomic E-state index is 11.6. The largest absolute Gasteiger partial charge is 0.330 e. The van der Waals surface area contributed by atoms with E-state index >= 15 is 0 Å². The maximum Gasteiger partial charge on any atom is 0.274 e. The zero-order valence-corrected chi connectivity index (χ0v) is 10.7. The van der Waals surface area contributed by atoms with Crippen LogP contribution in [0.5, 0.6) is 0 Å². The van der Waals surface area contributed by atoms with Gasteiger partial charge in [-0.15, -0.1) is 0 Å². The van der Waals surface area contributed by atoms with Crippen LogP contribution in [0.3, 0.4) is 0 Å². The predicted octanol–water partition coefficient (Wildman–Crippen LogP) is 0.994. The van der Waals surface area contributed by atoms with Gasteiger partial charge in [0.1, 0.15) is 0 Å². The van der Waals surface area contributed by atoms with Gasteiger partial charge in [0.15, 0.2) is 0 Å². The molecular formula is C10H15N3O4S. The number of sulfonamides is 1. The third kappa shape index (κ3) is 3.97. The van der Waals surface area contributed by atoms with E-state index in [9.17, 15) is 18.5 Å². The van der Waals surface area contributed by atoms with E-state index in [0.29, 0.717) is 12.0 Å². The summed E-state index contributed by atoms with van der Waals surface area (Å²) in [5.41, 5.74) is 5.78. The van der Waals surface area contributed by atoms with E-state index in [-0.39, 0.29) is 23.7 Å². The fourth-order valence-electron chi connectivity index (χ4n) is 1.37. The number of nitrogens with one attached hydrogen (secondary N) is 1. The lowest BCUT2D eigenvalue weighted by molar-refractivity contribution is -0.385. The van der Waals surface area contributed by atoms with Crippen LogP contribution in [0.4, 0.5) is 11.4 Å². The molecule has 1 aromatic rings. The number of rotatable bonds is 6. The van der Waals surface area contributed by atoms with Crippen LogP contribution < -0.4 is 10.5 Å². The van der Waals surface area contributed by atoms with Gasteiger partial charge in [-0.25, -0.2) is 8.42 Å². The number of aryl methyl sites for hydroxylation is 1. The van der Waals surface area contributed by atoms with E-state index in [0.717, 1.165) is 0 Å². The fourth-order valence-corrected chi connectivity index (χ4v) is 2.51. The molecule has 0 bridgehead atoms. The summed E-state index contributed by atoms with van der Waals surface area (Å²) in [5, 5.41) is 10.7. The highest BCUT2D eigenvalue weighted by Crippen LogP contribution is 2.22. The zero-order chi connectivity index (χ0) is 13.8. The molecule has 8 heteroatoms. The summed E-state index contributed by atoms with van der Waals surface area (Å²) in [5.74, 6) is -0.106. The van der Waals surface area contributed by atoms with Crippen LogP contribution in [0.25, 0.3) is 0 Å². The number of nitrogens with zero attached hydrogens (tertiary/aromatic N) is 1. The van der Waals surface area contributed by atoms with Crippen LogP contribution in [0.1, 0.15) is 12.0 Å². The van der Waals surface area contributed by atoms with Gasteiger partial charge in [-0.3, -0.25) is 14.8 Å². The molecule has 0 unspecified atom stereocenters. The predicted molar refractivity (Wildman–Crippen MR) is 68.9 cm³/mol. The quantitative estimate of drug-likeness (QED) is 0.592. The third-order valence-corrected chi connectivity index (χ3v) is 3.67. The molecule has 0 spiro atoms. The van der Waals surface area contributed by atoms with Crippen LogP contribution in [0.15, 0.2) is 18.2 Å². The normalized spacial score (nSPS) is 11.2. The minimum atomic E-state index is -3.50. The van der Waals surface area contributed by atoms with E-state index in [4.69, 9.17) is 5.73 Å². The Labute approximate surface area is 105 Å². The van der Waals surface area contributed by atoms with Gasteiger partial charge in [0.25, 0.3) is 5.69 Å². The van der Waals surface area contributed by atoms with Gasteiger partial charge in [-0.05, 0) is 26.0 Å². The van der Waals surface area contributed by atoms with Crippen molar-refractivity contribution in [3.05, 3.63) is 33.9 Å². The average Bonchev–Trinajstić information content (AvgIpc) is 2.28. The minimum absolute atomic E-state index is 0.106. The molecule has 3 N–H and O–H groups in total. The van der Waals surface area contributed by atoms with Crippen molar-refractivity contribution in [2.24, 2.45) is 5.73 Å². The molecule has 0 fully saturated rings. The van der Waals surface area contributed by atoms with Crippen molar-refractivity contribution in [2.45, 2.75) is 13.3 Å².